The fourth-order valence-electron chi connectivity index (χ4n) is 1.93. The smallest absolute Gasteiger partial charge is 0.270 e. The van der Waals surface area contributed by atoms with Crippen LogP contribution in [0.2, 0.25) is 0 Å². The van der Waals surface area contributed by atoms with Crippen molar-refractivity contribution in [1.29, 1.82) is 0 Å². The van der Waals surface area contributed by atoms with Gasteiger partial charge in [0.1, 0.15) is 5.69 Å². The number of Topliss-reactive ketones (excluding diaryl/α,β-unsaturated/α-hetero) is 1. The zero-order chi connectivity index (χ0) is 13.0. The average Bonchev–Trinajstić information content (AvgIpc) is 2.91. The van der Waals surface area contributed by atoms with Gasteiger partial charge in [-0.25, -0.2) is 0 Å². The van der Waals surface area contributed by atoms with E-state index in [0.29, 0.717) is 17.7 Å². The van der Waals surface area contributed by atoms with Crippen LogP contribution in [0, 0.1) is 0 Å². The van der Waals surface area contributed by atoms with E-state index in [0.717, 1.165) is 19.5 Å². The number of rotatable bonds is 4. The van der Waals surface area contributed by atoms with E-state index < -0.39 is 0 Å². The SMILES string of the molecule is CCC(=O)c1ccc(C(=O)NC2CCNC2)nc1. The van der Waals surface area contributed by atoms with Crippen LogP contribution >= 0.6 is 0 Å². The molecule has 0 saturated carbocycles. The minimum atomic E-state index is -0.181. The summed E-state index contributed by atoms with van der Waals surface area (Å²) < 4.78 is 0. The molecule has 1 amide bonds. The van der Waals surface area contributed by atoms with Crippen LogP contribution in [0.5, 0.6) is 0 Å². The molecule has 1 aromatic heterocycles. The second-order valence-electron chi connectivity index (χ2n) is 4.37. The molecule has 2 N–H and O–H groups in total. The predicted octanol–water partition coefficient (Wildman–Crippen LogP) is 0.766. The molecule has 1 atom stereocenters. The fourth-order valence-corrected chi connectivity index (χ4v) is 1.93. The highest BCUT2D eigenvalue weighted by Crippen LogP contribution is 2.05. The molecule has 1 unspecified atom stereocenters. The number of nitrogens with one attached hydrogen (secondary N) is 2. The maximum atomic E-state index is 11.9. The van der Waals surface area contributed by atoms with Crippen molar-refractivity contribution >= 4 is 11.7 Å². The summed E-state index contributed by atoms with van der Waals surface area (Å²) in [5, 5.41) is 6.09. The molecule has 0 aromatic carbocycles. The molecule has 96 valence electrons. The van der Waals surface area contributed by atoms with Gasteiger partial charge in [-0.2, -0.15) is 0 Å². The third kappa shape index (κ3) is 2.92. The van der Waals surface area contributed by atoms with E-state index in [9.17, 15) is 9.59 Å². The van der Waals surface area contributed by atoms with Gasteiger partial charge in [-0.05, 0) is 25.1 Å². The number of amides is 1. The van der Waals surface area contributed by atoms with Crippen LogP contribution in [-0.4, -0.2) is 35.8 Å². The second-order valence-corrected chi connectivity index (χ2v) is 4.37. The first kappa shape index (κ1) is 12.7. The van der Waals surface area contributed by atoms with E-state index in [2.05, 4.69) is 15.6 Å². The topological polar surface area (TPSA) is 71.1 Å². The van der Waals surface area contributed by atoms with Crippen LogP contribution in [0.3, 0.4) is 0 Å². The number of carbonyl (C=O) groups is 2. The number of pyridine rings is 1. The van der Waals surface area contributed by atoms with Crippen LogP contribution in [0.4, 0.5) is 0 Å². The first-order valence-corrected chi connectivity index (χ1v) is 6.21. The fraction of sp³-hybridized carbons (Fsp3) is 0.462. The average molecular weight is 247 g/mol. The molecule has 1 aromatic rings. The van der Waals surface area contributed by atoms with Gasteiger partial charge in [0.2, 0.25) is 0 Å². The van der Waals surface area contributed by atoms with Crippen molar-refractivity contribution in [2.75, 3.05) is 13.1 Å². The van der Waals surface area contributed by atoms with Crippen molar-refractivity contribution in [2.24, 2.45) is 0 Å². The number of carbonyl (C=O) groups excluding carboxylic acids is 2. The van der Waals surface area contributed by atoms with Gasteiger partial charge in [-0.15, -0.1) is 0 Å². The molecule has 5 heteroatoms. The molecule has 18 heavy (non-hydrogen) atoms. The third-order valence-corrected chi connectivity index (χ3v) is 3.03. The first-order valence-electron chi connectivity index (χ1n) is 6.21. The lowest BCUT2D eigenvalue weighted by Gasteiger charge is -2.10. The van der Waals surface area contributed by atoms with Gasteiger partial charge in [0.15, 0.2) is 5.78 Å². The van der Waals surface area contributed by atoms with E-state index in [-0.39, 0.29) is 17.7 Å². The highest BCUT2D eigenvalue weighted by Gasteiger charge is 2.18. The summed E-state index contributed by atoms with van der Waals surface area (Å²) in [6, 6.07) is 3.43. The van der Waals surface area contributed by atoms with Gasteiger partial charge in [-0.3, -0.25) is 14.6 Å². The Hall–Kier alpha value is -1.75. The molecule has 5 nitrogen and oxygen atoms in total. The Balaban J connectivity index is 2.00. The zero-order valence-electron chi connectivity index (χ0n) is 10.4. The Morgan fingerprint density at radius 2 is 2.33 bits per heavy atom. The molecule has 2 heterocycles. The summed E-state index contributed by atoms with van der Waals surface area (Å²) in [6.07, 6.45) is 2.85. The van der Waals surface area contributed by atoms with E-state index in [1.807, 2.05) is 0 Å². The van der Waals surface area contributed by atoms with E-state index in [1.54, 1.807) is 19.1 Å². The first-order chi connectivity index (χ1) is 8.70. The second kappa shape index (κ2) is 5.73. The van der Waals surface area contributed by atoms with E-state index >= 15 is 0 Å². The van der Waals surface area contributed by atoms with Crippen molar-refractivity contribution in [3.8, 4) is 0 Å². The van der Waals surface area contributed by atoms with Gasteiger partial charge in [-0.1, -0.05) is 6.92 Å². The third-order valence-electron chi connectivity index (χ3n) is 3.03. The maximum absolute atomic E-state index is 11.9. The molecule has 1 aliphatic heterocycles. The molecule has 1 saturated heterocycles. The zero-order valence-corrected chi connectivity index (χ0v) is 10.4. The van der Waals surface area contributed by atoms with Gasteiger partial charge in [0.25, 0.3) is 5.91 Å². The standard InChI is InChI=1S/C13H17N3O2/c1-2-12(17)9-3-4-11(15-7-9)13(18)16-10-5-6-14-8-10/h3-4,7,10,14H,2,5-6,8H2,1H3,(H,16,18). The minimum absolute atomic E-state index is 0.0365. The van der Waals surface area contributed by atoms with Crippen molar-refractivity contribution in [1.82, 2.24) is 15.6 Å². The summed E-state index contributed by atoms with van der Waals surface area (Å²) in [6.45, 7) is 3.54. The number of hydrogen-bond donors (Lipinski definition) is 2. The Morgan fingerprint density at radius 1 is 1.50 bits per heavy atom. The predicted molar refractivity (Wildman–Crippen MR) is 67.6 cm³/mol. The Labute approximate surface area is 106 Å². The van der Waals surface area contributed by atoms with E-state index in [4.69, 9.17) is 0 Å². The molecule has 1 fully saturated rings. The number of hydrogen-bond acceptors (Lipinski definition) is 4. The van der Waals surface area contributed by atoms with Gasteiger partial charge in [0, 0.05) is 30.8 Å². The summed E-state index contributed by atoms with van der Waals surface area (Å²) in [5.74, 6) is -0.145. The molecular formula is C13H17N3O2. The molecule has 0 spiro atoms. The number of nitrogens with zero attached hydrogens (tertiary/aromatic N) is 1. The Kier molecular flexibility index (Phi) is 4.04. The molecule has 0 aliphatic carbocycles. The lowest BCUT2D eigenvalue weighted by Crippen LogP contribution is -2.36. The number of aromatic nitrogens is 1. The largest absolute Gasteiger partial charge is 0.347 e. The lowest BCUT2D eigenvalue weighted by atomic mass is 10.1. The highest BCUT2D eigenvalue weighted by molar-refractivity contribution is 5.97. The van der Waals surface area contributed by atoms with Crippen LogP contribution in [0.15, 0.2) is 18.3 Å². The summed E-state index contributed by atoms with van der Waals surface area (Å²) in [4.78, 5) is 27.3. The summed E-state index contributed by atoms with van der Waals surface area (Å²) in [5.41, 5.74) is 0.908. The van der Waals surface area contributed by atoms with Gasteiger partial charge in [0.05, 0.1) is 0 Å². The molecule has 2 rings (SSSR count). The van der Waals surface area contributed by atoms with Crippen molar-refractivity contribution < 1.29 is 9.59 Å². The quantitative estimate of drug-likeness (QED) is 0.771. The van der Waals surface area contributed by atoms with Gasteiger partial charge < -0.3 is 10.6 Å². The van der Waals surface area contributed by atoms with E-state index in [1.165, 1.54) is 6.20 Å². The monoisotopic (exact) mass is 247 g/mol. The van der Waals surface area contributed by atoms with Crippen molar-refractivity contribution in [3.63, 3.8) is 0 Å². The minimum Gasteiger partial charge on any atom is -0.347 e. The summed E-state index contributed by atoms with van der Waals surface area (Å²) in [7, 11) is 0. The van der Waals surface area contributed by atoms with Crippen LogP contribution in [-0.2, 0) is 0 Å². The van der Waals surface area contributed by atoms with Crippen molar-refractivity contribution in [3.05, 3.63) is 29.6 Å². The lowest BCUT2D eigenvalue weighted by molar-refractivity contribution is 0.0932. The van der Waals surface area contributed by atoms with Crippen LogP contribution in [0.25, 0.3) is 0 Å². The highest BCUT2D eigenvalue weighted by atomic mass is 16.2. The van der Waals surface area contributed by atoms with Gasteiger partial charge >= 0.3 is 0 Å². The maximum Gasteiger partial charge on any atom is 0.270 e. The molecule has 1 aliphatic rings. The Morgan fingerprint density at radius 3 is 2.89 bits per heavy atom. The molecule has 0 bridgehead atoms. The van der Waals surface area contributed by atoms with Crippen LogP contribution < -0.4 is 10.6 Å². The molecule has 0 radical (unpaired) electrons. The Bertz CT molecular complexity index is 436. The normalized spacial score (nSPS) is 18.6. The van der Waals surface area contributed by atoms with Crippen LogP contribution in [0.1, 0.15) is 40.6 Å². The summed E-state index contributed by atoms with van der Waals surface area (Å²) >= 11 is 0. The number of ketones is 1. The van der Waals surface area contributed by atoms with Crippen molar-refractivity contribution in [2.45, 2.75) is 25.8 Å². The molecular weight excluding hydrogens is 230 g/mol.